The van der Waals surface area contributed by atoms with E-state index in [9.17, 15) is 14.7 Å². The van der Waals surface area contributed by atoms with Crippen molar-refractivity contribution in [1.29, 1.82) is 0 Å². The normalized spacial score (nSPS) is 15.1. The Morgan fingerprint density at radius 1 is 1.24 bits per heavy atom. The standard InChI is InChI=1S/C16H21NO4/c1-16(2,3)21-15(20)17-10-5-4-7-11-12(14(18)19)8-6-9-13(11)17/h6,8-9H,4-5,7,10H2,1-3H3,(H,18,19). The van der Waals surface area contributed by atoms with Crippen molar-refractivity contribution in [3.8, 4) is 0 Å². The molecule has 1 aromatic carbocycles. The number of carbonyl (C=O) groups is 2. The summed E-state index contributed by atoms with van der Waals surface area (Å²) in [4.78, 5) is 25.3. The summed E-state index contributed by atoms with van der Waals surface area (Å²) >= 11 is 0. The second-order valence-corrected chi connectivity index (χ2v) is 6.20. The van der Waals surface area contributed by atoms with Crippen LogP contribution in [0.25, 0.3) is 0 Å². The highest BCUT2D eigenvalue weighted by Crippen LogP contribution is 2.30. The number of rotatable bonds is 1. The van der Waals surface area contributed by atoms with Crippen LogP contribution < -0.4 is 4.90 Å². The van der Waals surface area contributed by atoms with Gasteiger partial charge in [-0.25, -0.2) is 9.59 Å². The SMILES string of the molecule is CC(C)(C)OC(=O)N1CCCCc2c(C(=O)O)cccc21. The Morgan fingerprint density at radius 3 is 2.57 bits per heavy atom. The van der Waals surface area contributed by atoms with Crippen LogP contribution in [-0.4, -0.2) is 29.3 Å². The molecule has 5 heteroatoms. The molecule has 1 heterocycles. The first-order valence-corrected chi connectivity index (χ1v) is 7.15. The van der Waals surface area contributed by atoms with Crippen molar-refractivity contribution in [3.63, 3.8) is 0 Å². The summed E-state index contributed by atoms with van der Waals surface area (Å²) in [6, 6.07) is 5.04. The predicted octanol–water partition coefficient (Wildman–Crippen LogP) is 3.46. The van der Waals surface area contributed by atoms with E-state index in [-0.39, 0.29) is 5.56 Å². The lowest BCUT2D eigenvalue weighted by molar-refractivity contribution is 0.0578. The van der Waals surface area contributed by atoms with Crippen molar-refractivity contribution < 1.29 is 19.4 Å². The van der Waals surface area contributed by atoms with Gasteiger partial charge in [-0.05, 0) is 57.7 Å². The van der Waals surface area contributed by atoms with E-state index < -0.39 is 17.7 Å². The van der Waals surface area contributed by atoms with Crippen LogP contribution in [-0.2, 0) is 11.2 Å². The Morgan fingerprint density at radius 2 is 1.95 bits per heavy atom. The summed E-state index contributed by atoms with van der Waals surface area (Å²) in [5.74, 6) is -0.960. The van der Waals surface area contributed by atoms with Gasteiger partial charge >= 0.3 is 12.1 Å². The summed E-state index contributed by atoms with van der Waals surface area (Å²) < 4.78 is 5.43. The summed E-state index contributed by atoms with van der Waals surface area (Å²) in [6.07, 6.45) is 1.92. The molecular formula is C16H21NO4. The third-order valence-corrected chi connectivity index (χ3v) is 3.34. The van der Waals surface area contributed by atoms with E-state index >= 15 is 0 Å². The summed E-state index contributed by atoms with van der Waals surface area (Å²) in [5, 5.41) is 9.31. The molecule has 1 N–H and O–H groups in total. The van der Waals surface area contributed by atoms with Crippen molar-refractivity contribution in [1.82, 2.24) is 0 Å². The minimum absolute atomic E-state index is 0.267. The molecule has 2 rings (SSSR count). The van der Waals surface area contributed by atoms with E-state index in [0.717, 1.165) is 12.8 Å². The minimum atomic E-state index is -0.960. The lowest BCUT2D eigenvalue weighted by Gasteiger charge is -2.27. The zero-order chi connectivity index (χ0) is 15.6. The Labute approximate surface area is 124 Å². The number of hydrogen-bond donors (Lipinski definition) is 1. The van der Waals surface area contributed by atoms with E-state index in [0.29, 0.717) is 24.2 Å². The van der Waals surface area contributed by atoms with Gasteiger partial charge in [-0.2, -0.15) is 0 Å². The number of benzene rings is 1. The molecule has 0 saturated heterocycles. The molecule has 1 aliphatic heterocycles. The third kappa shape index (κ3) is 3.54. The molecule has 0 aromatic heterocycles. The Balaban J connectivity index is 2.41. The first kappa shape index (κ1) is 15.4. The van der Waals surface area contributed by atoms with Gasteiger partial charge in [0.15, 0.2) is 0 Å². The topological polar surface area (TPSA) is 66.8 Å². The molecule has 21 heavy (non-hydrogen) atoms. The Bertz CT molecular complexity index is 560. The number of carboxylic acid groups (broad SMARTS) is 1. The maximum atomic E-state index is 12.4. The van der Waals surface area contributed by atoms with Gasteiger partial charge in [0.1, 0.15) is 5.60 Å². The molecule has 0 spiro atoms. The van der Waals surface area contributed by atoms with E-state index in [1.807, 2.05) is 20.8 Å². The second-order valence-electron chi connectivity index (χ2n) is 6.20. The molecule has 1 amide bonds. The fraction of sp³-hybridized carbons (Fsp3) is 0.500. The number of ether oxygens (including phenoxy) is 1. The fourth-order valence-corrected chi connectivity index (χ4v) is 2.49. The first-order chi connectivity index (χ1) is 9.79. The number of nitrogens with zero attached hydrogens (tertiary/aromatic N) is 1. The largest absolute Gasteiger partial charge is 0.478 e. The number of hydrogen-bond acceptors (Lipinski definition) is 3. The van der Waals surface area contributed by atoms with E-state index in [1.165, 1.54) is 0 Å². The molecule has 1 aliphatic rings. The first-order valence-electron chi connectivity index (χ1n) is 7.15. The maximum Gasteiger partial charge on any atom is 0.414 e. The molecule has 0 fully saturated rings. The molecule has 0 saturated carbocycles. The molecule has 0 atom stereocenters. The highest BCUT2D eigenvalue weighted by Gasteiger charge is 2.28. The molecule has 0 aliphatic carbocycles. The second kappa shape index (κ2) is 5.76. The van der Waals surface area contributed by atoms with Gasteiger partial charge in [0.05, 0.1) is 11.3 Å². The van der Waals surface area contributed by atoms with Crippen LogP contribution in [0.2, 0.25) is 0 Å². The van der Waals surface area contributed by atoms with Crippen molar-refractivity contribution in [2.24, 2.45) is 0 Å². The van der Waals surface area contributed by atoms with Crippen LogP contribution in [0.5, 0.6) is 0 Å². The van der Waals surface area contributed by atoms with Crippen LogP contribution in [0, 0.1) is 0 Å². The van der Waals surface area contributed by atoms with E-state index in [2.05, 4.69) is 0 Å². The van der Waals surface area contributed by atoms with Crippen LogP contribution >= 0.6 is 0 Å². The number of amides is 1. The van der Waals surface area contributed by atoms with Crippen molar-refractivity contribution in [3.05, 3.63) is 29.3 Å². The molecule has 0 radical (unpaired) electrons. The molecule has 114 valence electrons. The van der Waals surface area contributed by atoms with E-state index in [1.54, 1.807) is 23.1 Å². The zero-order valence-corrected chi connectivity index (χ0v) is 12.7. The monoisotopic (exact) mass is 291 g/mol. The van der Waals surface area contributed by atoms with Crippen LogP contribution in [0.3, 0.4) is 0 Å². The highest BCUT2D eigenvalue weighted by atomic mass is 16.6. The van der Waals surface area contributed by atoms with Gasteiger partial charge in [0.25, 0.3) is 0 Å². The van der Waals surface area contributed by atoms with Gasteiger partial charge in [0, 0.05) is 6.54 Å². The highest BCUT2D eigenvalue weighted by molar-refractivity contribution is 5.95. The van der Waals surface area contributed by atoms with Crippen molar-refractivity contribution in [2.45, 2.75) is 45.6 Å². The molecule has 5 nitrogen and oxygen atoms in total. The van der Waals surface area contributed by atoms with Gasteiger partial charge < -0.3 is 9.84 Å². The average molecular weight is 291 g/mol. The number of aromatic carboxylic acids is 1. The average Bonchev–Trinajstić information content (AvgIpc) is 2.58. The summed E-state index contributed by atoms with van der Waals surface area (Å²) in [7, 11) is 0. The lowest BCUT2D eigenvalue weighted by Crippen LogP contribution is -2.37. The number of anilines is 1. The third-order valence-electron chi connectivity index (χ3n) is 3.34. The van der Waals surface area contributed by atoms with Crippen LogP contribution in [0.15, 0.2) is 18.2 Å². The molecular weight excluding hydrogens is 270 g/mol. The number of fused-ring (bicyclic) bond motifs is 1. The molecule has 0 unspecified atom stereocenters. The fourth-order valence-electron chi connectivity index (χ4n) is 2.49. The number of carboxylic acids is 1. The van der Waals surface area contributed by atoms with Gasteiger partial charge in [0.2, 0.25) is 0 Å². The summed E-state index contributed by atoms with van der Waals surface area (Å²) in [5.41, 5.74) is 1.06. The van der Waals surface area contributed by atoms with Crippen LogP contribution in [0.1, 0.15) is 49.5 Å². The Hall–Kier alpha value is -2.04. The zero-order valence-electron chi connectivity index (χ0n) is 12.7. The smallest absolute Gasteiger partial charge is 0.414 e. The van der Waals surface area contributed by atoms with Crippen molar-refractivity contribution in [2.75, 3.05) is 11.4 Å². The lowest BCUT2D eigenvalue weighted by atomic mass is 10.0. The quantitative estimate of drug-likeness (QED) is 0.860. The van der Waals surface area contributed by atoms with Crippen molar-refractivity contribution >= 4 is 17.7 Å². The van der Waals surface area contributed by atoms with Gasteiger partial charge in [-0.3, -0.25) is 4.90 Å². The Kier molecular flexibility index (Phi) is 4.21. The predicted molar refractivity (Wildman–Crippen MR) is 79.9 cm³/mol. The molecule has 1 aromatic rings. The number of carbonyl (C=O) groups excluding carboxylic acids is 1. The molecule has 0 bridgehead atoms. The van der Waals surface area contributed by atoms with Crippen LogP contribution in [0.4, 0.5) is 10.5 Å². The summed E-state index contributed by atoms with van der Waals surface area (Å²) in [6.45, 7) is 6.00. The van der Waals surface area contributed by atoms with Gasteiger partial charge in [-0.15, -0.1) is 0 Å². The van der Waals surface area contributed by atoms with E-state index in [4.69, 9.17) is 4.74 Å². The minimum Gasteiger partial charge on any atom is -0.478 e. The van der Waals surface area contributed by atoms with Gasteiger partial charge in [-0.1, -0.05) is 6.07 Å². The maximum absolute atomic E-state index is 12.4.